The first kappa shape index (κ1) is 17.7. The lowest BCUT2D eigenvalue weighted by molar-refractivity contribution is 0.409. The maximum absolute atomic E-state index is 6.03. The Bertz CT molecular complexity index is 1100. The first-order chi connectivity index (χ1) is 14.3. The topological polar surface area (TPSA) is 90.3 Å². The number of hydrogen-bond acceptors (Lipinski definition) is 8. The van der Waals surface area contributed by atoms with E-state index in [0.717, 1.165) is 5.52 Å². The molecule has 0 unspecified atom stereocenters. The smallest absolute Gasteiger partial charge is 0.298 e. The van der Waals surface area contributed by atoms with Gasteiger partial charge in [0, 0.05) is 31.4 Å². The average Bonchev–Trinajstić information content (AvgIpc) is 3.44. The van der Waals surface area contributed by atoms with Crippen molar-refractivity contribution in [2.45, 2.75) is 38.1 Å². The molecule has 0 atom stereocenters. The summed E-state index contributed by atoms with van der Waals surface area (Å²) in [5, 5.41) is 7.55. The van der Waals surface area contributed by atoms with Gasteiger partial charge in [-0.3, -0.25) is 4.98 Å². The molecular formula is C21H21N5O3. The summed E-state index contributed by atoms with van der Waals surface area (Å²) in [4.78, 5) is 11.0. The minimum absolute atomic E-state index is 0.344. The lowest BCUT2D eigenvalue weighted by Gasteiger charge is -2.29. The number of rotatable bonds is 5. The summed E-state index contributed by atoms with van der Waals surface area (Å²) in [6.45, 7) is 0. The van der Waals surface area contributed by atoms with Crippen molar-refractivity contribution in [2.24, 2.45) is 0 Å². The second kappa shape index (κ2) is 7.54. The quantitative estimate of drug-likeness (QED) is 0.478. The van der Waals surface area contributed by atoms with Gasteiger partial charge in [-0.25, -0.2) is 0 Å². The number of oxazole rings is 1. The molecule has 1 aliphatic carbocycles. The molecule has 0 aliphatic heterocycles. The van der Waals surface area contributed by atoms with Crippen molar-refractivity contribution in [3.8, 4) is 23.1 Å². The number of fused-ring (bicyclic) bond motifs is 1. The zero-order valence-electron chi connectivity index (χ0n) is 16.1. The van der Waals surface area contributed by atoms with E-state index >= 15 is 0 Å². The SMILES string of the molecule is CN(c1nc2ccc(Oc3ccnc(-c4nnco4)c3)cc2o1)C1CCCCC1. The summed E-state index contributed by atoms with van der Waals surface area (Å²) in [5.41, 5.74) is 2.07. The van der Waals surface area contributed by atoms with Gasteiger partial charge in [0.2, 0.25) is 6.39 Å². The van der Waals surface area contributed by atoms with E-state index in [9.17, 15) is 0 Å². The van der Waals surface area contributed by atoms with Gasteiger partial charge in [0.15, 0.2) is 5.58 Å². The molecule has 3 aromatic heterocycles. The van der Waals surface area contributed by atoms with Crippen LogP contribution in [-0.4, -0.2) is 33.3 Å². The maximum Gasteiger partial charge on any atom is 0.298 e. The van der Waals surface area contributed by atoms with E-state index < -0.39 is 0 Å². The maximum atomic E-state index is 6.03. The molecule has 3 heterocycles. The molecule has 0 radical (unpaired) electrons. The van der Waals surface area contributed by atoms with Crippen LogP contribution in [-0.2, 0) is 0 Å². The minimum Gasteiger partial charge on any atom is -0.457 e. The fraction of sp³-hybridized carbons (Fsp3) is 0.333. The zero-order valence-corrected chi connectivity index (χ0v) is 16.1. The predicted molar refractivity (Wildman–Crippen MR) is 107 cm³/mol. The van der Waals surface area contributed by atoms with Crippen LogP contribution in [0.15, 0.2) is 51.8 Å². The summed E-state index contributed by atoms with van der Waals surface area (Å²) in [7, 11) is 2.06. The van der Waals surface area contributed by atoms with E-state index in [-0.39, 0.29) is 0 Å². The van der Waals surface area contributed by atoms with Gasteiger partial charge in [-0.2, -0.15) is 4.98 Å². The Morgan fingerprint density at radius 3 is 2.76 bits per heavy atom. The Morgan fingerprint density at radius 2 is 1.93 bits per heavy atom. The summed E-state index contributed by atoms with van der Waals surface area (Å²) in [5.74, 6) is 1.62. The van der Waals surface area contributed by atoms with E-state index in [1.807, 2.05) is 18.2 Å². The van der Waals surface area contributed by atoms with Gasteiger partial charge in [-0.15, -0.1) is 10.2 Å². The van der Waals surface area contributed by atoms with E-state index in [2.05, 4.69) is 32.1 Å². The summed E-state index contributed by atoms with van der Waals surface area (Å²) < 4.78 is 17.2. The van der Waals surface area contributed by atoms with E-state index in [4.69, 9.17) is 13.6 Å². The van der Waals surface area contributed by atoms with Crippen LogP contribution in [0.1, 0.15) is 32.1 Å². The van der Waals surface area contributed by atoms with Gasteiger partial charge in [-0.1, -0.05) is 19.3 Å². The van der Waals surface area contributed by atoms with Crippen LogP contribution in [0.3, 0.4) is 0 Å². The standard InChI is InChI=1S/C21H21N5O3/c1-26(14-5-3-2-4-6-14)21-24-17-8-7-15(12-19(17)29-21)28-16-9-10-22-18(11-16)20-25-23-13-27-20/h7-14H,2-6H2,1H3. The molecule has 0 N–H and O–H groups in total. The fourth-order valence-electron chi connectivity index (χ4n) is 3.74. The molecule has 8 nitrogen and oxygen atoms in total. The van der Waals surface area contributed by atoms with Gasteiger partial charge in [0.05, 0.1) is 0 Å². The highest BCUT2D eigenvalue weighted by Gasteiger charge is 2.22. The number of pyridine rings is 1. The molecule has 29 heavy (non-hydrogen) atoms. The summed E-state index contributed by atoms with van der Waals surface area (Å²) >= 11 is 0. The minimum atomic E-state index is 0.344. The Morgan fingerprint density at radius 1 is 1.07 bits per heavy atom. The lowest BCUT2D eigenvalue weighted by Crippen LogP contribution is -2.33. The van der Waals surface area contributed by atoms with Crippen LogP contribution in [0.5, 0.6) is 11.5 Å². The third-order valence-corrected chi connectivity index (χ3v) is 5.32. The van der Waals surface area contributed by atoms with Crippen LogP contribution < -0.4 is 9.64 Å². The van der Waals surface area contributed by atoms with E-state index in [1.54, 1.807) is 18.3 Å². The number of ether oxygens (including phenoxy) is 1. The molecule has 8 heteroatoms. The van der Waals surface area contributed by atoms with Crippen molar-refractivity contribution in [3.63, 3.8) is 0 Å². The van der Waals surface area contributed by atoms with Crippen LogP contribution >= 0.6 is 0 Å². The van der Waals surface area contributed by atoms with Crippen LogP contribution in [0.4, 0.5) is 6.01 Å². The normalized spacial score (nSPS) is 14.9. The number of hydrogen-bond donors (Lipinski definition) is 0. The van der Waals surface area contributed by atoms with Crippen LogP contribution in [0.25, 0.3) is 22.7 Å². The van der Waals surface area contributed by atoms with Crippen molar-refractivity contribution >= 4 is 17.1 Å². The highest BCUT2D eigenvalue weighted by atomic mass is 16.5. The molecule has 1 saturated carbocycles. The monoisotopic (exact) mass is 391 g/mol. The Hall–Kier alpha value is -3.42. The van der Waals surface area contributed by atoms with Crippen molar-refractivity contribution in [2.75, 3.05) is 11.9 Å². The lowest BCUT2D eigenvalue weighted by atomic mass is 9.95. The molecule has 1 aromatic carbocycles. The number of anilines is 1. The first-order valence-corrected chi connectivity index (χ1v) is 9.80. The van der Waals surface area contributed by atoms with Gasteiger partial charge >= 0.3 is 0 Å². The fourth-order valence-corrected chi connectivity index (χ4v) is 3.74. The third kappa shape index (κ3) is 3.65. The molecule has 1 aliphatic rings. The highest BCUT2D eigenvalue weighted by molar-refractivity contribution is 5.76. The molecule has 0 amide bonds. The van der Waals surface area contributed by atoms with Crippen molar-refractivity contribution in [3.05, 3.63) is 42.9 Å². The van der Waals surface area contributed by atoms with Gasteiger partial charge in [-0.05, 0) is 31.0 Å². The Kier molecular flexibility index (Phi) is 4.59. The highest BCUT2D eigenvalue weighted by Crippen LogP contribution is 2.31. The largest absolute Gasteiger partial charge is 0.457 e. The van der Waals surface area contributed by atoms with Crippen LogP contribution in [0.2, 0.25) is 0 Å². The Balaban J connectivity index is 1.37. The molecular weight excluding hydrogens is 370 g/mol. The van der Waals surface area contributed by atoms with Crippen molar-refractivity contribution < 1.29 is 13.6 Å². The second-order valence-corrected chi connectivity index (χ2v) is 7.25. The van der Waals surface area contributed by atoms with E-state index in [1.165, 1.54) is 38.5 Å². The van der Waals surface area contributed by atoms with Gasteiger partial charge < -0.3 is 18.5 Å². The summed E-state index contributed by atoms with van der Waals surface area (Å²) in [6, 6.07) is 10.3. The summed E-state index contributed by atoms with van der Waals surface area (Å²) in [6.07, 6.45) is 9.14. The number of benzene rings is 1. The van der Waals surface area contributed by atoms with Crippen molar-refractivity contribution in [1.82, 2.24) is 20.2 Å². The zero-order chi connectivity index (χ0) is 19.6. The van der Waals surface area contributed by atoms with Crippen molar-refractivity contribution in [1.29, 1.82) is 0 Å². The first-order valence-electron chi connectivity index (χ1n) is 9.80. The molecule has 4 aromatic rings. The van der Waals surface area contributed by atoms with Gasteiger partial charge in [0.1, 0.15) is 22.7 Å². The molecule has 0 saturated heterocycles. The molecule has 1 fully saturated rings. The third-order valence-electron chi connectivity index (χ3n) is 5.32. The number of aromatic nitrogens is 4. The van der Waals surface area contributed by atoms with Gasteiger partial charge in [0.25, 0.3) is 11.9 Å². The predicted octanol–water partition coefficient (Wildman–Crippen LogP) is 4.83. The van der Waals surface area contributed by atoms with E-state index in [0.29, 0.717) is 40.7 Å². The number of nitrogens with zero attached hydrogens (tertiary/aromatic N) is 5. The molecule has 5 rings (SSSR count). The molecule has 148 valence electrons. The van der Waals surface area contributed by atoms with Crippen LogP contribution in [0, 0.1) is 0 Å². The Labute approximate surface area is 167 Å². The average molecular weight is 391 g/mol. The molecule has 0 spiro atoms. The second-order valence-electron chi connectivity index (χ2n) is 7.25. The molecule has 0 bridgehead atoms.